The van der Waals surface area contributed by atoms with E-state index in [1.54, 1.807) is 21.6 Å². The largest absolute Gasteiger partial charge is 1.00 e. The zero-order valence-corrected chi connectivity index (χ0v) is 19.4. The Hall–Kier alpha value is 0.966. The Labute approximate surface area is 154 Å². The minimum absolute atomic E-state index is 0. The molecule has 0 heterocycles. The predicted molar refractivity (Wildman–Crippen MR) is 79.1 cm³/mol. The van der Waals surface area contributed by atoms with Crippen molar-refractivity contribution in [2.75, 3.05) is 0 Å². The van der Waals surface area contributed by atoms with Crippen LogP contribution in [-0.4, -0.2) is 9.98 Å². The summed E-state index contributed by atoms with van der Waals surface area (Å²) < 4.78 is 0. The normalized spacial score (nSPS) is 14.8. The van der Waals surface area contributed by atoms with Gasteiger partial charge in [0.15, 0.2) is 0 Å². The van der Waals surface area contributed by atoms with E-state index in [1.165, 1.54) is 22.3 Å². The van der Waals surface area contributed by atoms with E-state index < -0.39 is 0 Å². The maximum Gasteiger partial charge on any atom is -1.00 e. The average molecular weight is 451 g/mol. The maximum absolute atomic E-state index is 3.19. The molecule has 0 spiro atoms. The van der Waals surface area contributed by atoms with Crippen LogP contribution in [0.2, 0.25) is 11.5 Å². The Bertz CT molecular complexity index is 380. The van der Waals surface area contributed by atoms with Gasteiger partial charge in [0.25, 0.3) is 0 Å². The van der Waals surface area contributed by atoms with Crippen LogP contribution >= 0.6 is 0 Å². The number of halogens is 2. The second-order valence-electron chi connectivity index (χ2n) is 5.05. The van der Waals surface area contributed by atoms with Gasteiger partial charge in [-0.15, -0.1) is 12.8 Å². The fraction of sp³-hybridized carbons (Fsp3) is 0.500. The van der Waals surface area contributed by atoms with Crippen molar-refractivity contribution in [1.29, 1.82) is 0 Å². The van der Waals surface area contributed by atoms with Gasteiger partial charge in [0, 0.05) is 0 Å². The van der Waals surface area contributed by atoms with Crippen LogP contribution in [0.4, 0.5) is 0 Å². The van der Waals surface area contributed by atoms with E-state index >= 15 is 0 Å². The number of hydrogen-bond acceptors (Lipinski definition) is 0. The third-order valence-electron chi connectivity index (χ3n) is 2.22. The van der Waals surface area contributed by atoms with Gasteiger partial charge < -0.3 is 24.8 Å². The number of hydrogen-bond donors (Lipinski definition) is 0. The van der Waals surface area contributed by atoms with Crippen molar-refractivity contribution in [2.45, 2.75) is 52.0 Å². The van der Waals surface area contributed by atoms with E-state index in [4.69, 9.17) is 0 Å². The Morgan fingerprint density at radius 1 is 0.850 bits per heavy atom. The van der Waals surface area contributed by atoms with Gasteiger partial charge in [0.2, 0.25) is 0 Å². The minimum atomic E-state index is -0.243. The van der Waals surface area contributed by atoms with Crippen molar-refractivity contribution in [1.82, 2.24) is 0 Å². The molecule has 0 amide bonds. The van der Waals surface area contributed by atoms with Gasteiger partial charge in [-0.3, -0.25) is 12.2 Å². The summed E-state index contributed by atoms with van der Waals surface area (Å²) in [5.74, 6) is 4.75. The summed E-state index contributed by atoms with van der Waals surface area (Å²) in [6.07, 6.45) is 12.8. The molecule has 0 radical (unpaired) electrons. The standard InChI is InChI=1S/2C7H9.C2H6Ge.2ClH.Zr/c2*1-6-3-4-7(2)5-6;1-3-2;;;/h2*5H,3H2,1-2H3;1-2H3;2*1H;/q2*-1;;;;+2/p-2. The summed E-state index contributed by atoms with van der Waals surface area (Å²) >= 11 is 1.80. The molecule has 0 unspecified atom stereocenters. The van der Waals surface area contributed by atoms with Crippen LogP contribution in [0.15, 0.2) is 34.4 Å². The van der Waals surface area contributed by atoms with Crippen LogP contribution in [0, 0.1) is 12.2 Å². The van der Waals surface area contributed by atoms with Crippen molar-refractivity contribution in [3.8, 4) is 0 Å². The van der Waals surface area contributed by atoms with Crippen molar-refractivity contribution in [3.63, 3.8) is 0 Å². The van der Waals surface area contributed by atoms with Gasteiger partial charge in [-0.2, -0.15) is 11.1 Å². The molecule has 0 atom stereocenters. The van der Waals surface area contributed by atoms with Gasteiger partial charge in [-0.25, -0.2) is 23.3 Å². The van der Waals surface area contributed by atoms with Crippen LogP contribution < -0.4 is 24.8 Å². The van der Waals surface area contributed by atoms with Crippen LogP contribution in [0.25, 0.3) is 0 Å². The quantitative estimate of drug-likeness (QED) is 0.327. The Morgan fingerprint density at radius 2 is 1.10 bits per heavy atom. The van der Waals surface area contributed by atoms with E-state index in [0.717, 1.165) is 12.8 Å². The van der Waals surface area contributed by atoms with Crippen LogP contribution in [0.3, 0.4) is 0 Å². The third-order valence-corrected chi connectivity index (χ3v) is 2.22. The fourth-order valence-corrected chi connectivity index (χ4v) is 1.50. The van der Waals surface area contributed by atoms with Gasteiger partial charge in [0.1, 0.15) is 0 Å². The first-order chi connectivity index (χ1) is 8.31. The Kier molecular flexibility index (Phi) is 19.3. The molecule has 0 fully saturated rings. The molecular weight excluding hydrogens is 427 g/mol. The zero-order valence-electron chi connectivity index (χ0n) is 13.3. The molecule has 2 aliphatic rings. The van der Waals surface area contributed by atoms with E-state index in [-0.39, 0.29) is 34.8 Å². The summed E-state index contributed by atoms with van der Waals surface area (Å²) in [7, 11) is -0.243. The molecule has 0 aromatic heterocycles. The van der Waals surface area contributed by atoms with Gasteiger partial charge in [0.05, 0.1) is 0 Å². The SMILES string of the molecule is CC1=[C-]CC(C)=C1.CC1=[C-]CC(C)=C1.[CH3][Ge]([CH3])=[Zr+2].[Cl-].[Cl-]. The summed E-state index contributed by atoms with van der Waals surface area (Å²) in [4.78, 5) is 0. The van der Waals surface area contributed by atoms with Gasteiger partial charge in [-0.1, -0.05) is 27.7 Å². The monoisotopic (exact) mass is 450 g/mol. The summed E-state index contributed by atoms with van der Waals surface area (Å²) in [5.41, 5.74) is 5.44. The third kappa shape index (κ3) is 17.0. The van der Waals surface area contributed by atoms with Crippen molar-refractivity contribution >= 4 is 9.98 Å². The van der Waals surface area contributed by atoms with Crippen molar-refractivity contribution in [2.24, 2.45) is 0 Å². The molecule has 0 aromatic carbocycles. The van der Waals surface area contributed by atoms with Crippen LogP contribution in [0.1, 0.15) is 40.5 Å². The topological polar surface area (TPSA) is 0 Å². The Morgan fingerprint density at radius 3 is 1.15 bits per heavy atom. The molecule has 112 valence electrons. The molecular formula is C16H24Cl2GeZr-2. The van der Waals surface area contributed by atoms with Crippen LogP contribution in [0.5, 0.6) is 0 Å². The van der Waals surface area contributed by atoms with E-state index in [9.17, 15) is 0 Å². The first kappa shape index (κ1) is 25.9. The molecule has 2 rings (SSSR count). The minimum Gasteiger partial charge on any atom is -1.00 e. The van der Waals surface area contributed by atoms with Gasteiger partial charge in [-0.05, 0) is 0 Å². The average Bonchev–Trinajstić information content (AvgIpc) is 2.76. The smallest absolute Gasteiger partial charge is 1.00 e. The molecule has 20 heavy (non-hydrogen) atoms. The Balaban J connectivity index is -0.000000215. The second-order valence-corrected chi connectivity index (χ2v) is 22.0. The van der Waals surface area contributed by atoms with E-state index in [0.29, 0.717) is 0 Å². The maximum atomic E-state index is 3.19. The van der Waals surface area contributed by atoms with E-state index in [1.807, 2.05) is 0 Å². The molecule has 0 N–H and O–H groups in total. The first-order valence-corrected chi connectivity index (χ1v) is 18.0. The summed E-state index contributed by atoms with van der Waals surface area (Å²) in [6.45, 7) is 8.42. The molecule has 2 aliphatic carbocycles. The number of allylic oxidation sites excluding steroid dienone is 8. The van der Waals surface area contributed by atoms with Crippen molar-refractivity contribution < 1.29 is 46.4 Å². The summed E-state index contributed by atoms with van der Waals surface area (Å²) in [5, 5.41) is 0. The molecule has 0 nitrogen and oxygen atoms in total. The molecule has 0 saturated carbocycles. The second kappa shape index (κ2) is 14.9. The van der Waals surface area contributed by atoms with Crippen LogP contribution in [-0.2, 0) is 21.6 Å². The molecule has 0 aromatic rings. The summed E-state index contributed by atoms with van der Waals surface area (Å²) in [6, 6.07) is 0. The molecule has 4 heteroatoms. The molecule has 0 saturated heterocycles. The first-order valence-electron chi connectivity index (χ1n) is 6.32. The number of rotatable bonds is 0. The van der Waals surface area contributed by atoms with Crippen molar-refractivity contribution in [3.05, 3.63) is 46.6 Å². The zero-order chi connectivity index (χ0) is 14.1. The van der Waals surface area contributed by atoms with E-state index in [2.05, 4.69) is 63.5 Å². The predicted octanol–water partition coefficient (Wildman–Crippen LogP) is -1.04. The molecule has 0 aliphatic heterocycles. The molecule has 0 bridgehead atoms. The van der Waals surface area contributed by atoms with Gasteiger partial charge >= 0.3 is 43.1 Å². The fourth-order valence-electron chi connectivity index (χ4n) is 1.50.